The van der Waals surface area contributed by atoms with Crippen molar-refractivity contribution in [2.45, 2.75) is 44.2 Å². The van der Waals surface area contributed by atoms with Gasteiger partial charge in [-0.05, 0) is 56.5 Å². The molecule has 0 unspecified atom stereocenters. The topological polar surface area (TPSA) is 62.2 Å². The number of nitrogens with zero attached hydrogens (tertiary/aromatic N) is 1. The summed E-state index contributed by atoms with van der Waals surface area (Å²) in [4.78, 5) is 16.6. The number of aliphatic hydroxyl groups is 1. The average Bonchev–Trinajstić information content (AvgIpc) is 2.61. The average molecular weight is 369 g/mol. The predicted molar refractivity (Wildman–Crippen MR) is 102 cm³/mol. The Labute approximate surface area is 158 Å². The number of rotatable bonds is 2. The summed E-state index contributed by atoms with van der Waals surface area (Å²) in [6.45, 7) is 1.81. The minimum Gasteiger partial charge on any atom is -0.378 e. The van der Waals surface area contributed by atoms with Gasteiger partial charge >= 0.3 is 0 Å². The molecule has 2 atom stereocenters. The van der Waals surface area contributed by atoms with Crippen molar-refractivity contribution in [1.82, 2.24) is 10.3 Å². The van der Waals surface area contributed by atoms with E-state index in [2.05, 4.69) is 22.1 Å². The molecule has 4 nitrogen and oxygen atoms in total. The second kappa shape index (κ2) is 7.90. The Morgan fingerprint density at radius 3 is 3.00 bits per heavy atom. The third kappa shape index (κ3) is 4.63. The molecule has 1 aromatic carbocycles. The summed E-state index contributed by atoms with van der Waals surface area (Å²) in [5, 5.41) is 14.5. The Bertz CT molecular complexity index is 872. The van der Waals surface area contributed by atoms with Crippen LogP contribution in [-0.4, -0.2) is 27.6 Å². The van der Waals surface area contributed by atoms with Crippen molar-refractivity contribution in [3.63, 3.8) is 0 Å². The molecule has 3 rings (SSSR count). The number of halogens is 1. The SMILES string of the molecule is Cc1ncccc1C(=O)N[C@H]1CCC[C@@](O)(C#Cc2cccc(Cl)c2)C1. The minimum absolute atomic E-state index is 0.116. The van der Waals surface area contributed by atoms with E-state index in [1.807, 2.05) is 19.1 Å². The highest BCUT2D eigenvalue weighted by Crippen LogP contribution is 2.28. The van der Waals surface area contributed by atoms with Crippen LogP contribution in [-0.2, 0) is 0 Å². The lowest BCUT2D eigenvalue weighted by Crippen LogP contribution is -2.45. The Balaban J connectivity index is 1.69. The monoisotopic (exact) mass is 368 g/mol. The molecule has 26 heavy (non-hydrogen) atoms. The lowest BCUT2D eigenvalue weighted by atomic mass is 9.82. The van der Waals surface area contributed by atoms with Crippen molar-refractivity contribution in [2.75, 3.05) is 0 Å². The van der Waals surface area contributed by atoms with Crippen molar-refractivity contribution in [2.24, 2.45) is 0 Å². The van der Waals surface area contributed by atoms with E-state index in [0.29, 0.717) is 29.1 Å². The maximum Gasteiger partial charge on any atom is 0.253 e. The van der Waals surface area contributed by atoms with Gasteiger partial charge in [-0.3, -0.25) is 9.78 Å². The van der Waals surface area contributed by atoms with Gasteiger partial charge in [0, 0.05) is 34.9 Å². The first-order chi connectivity index (χ1) is 12.5. The van der Waals surface area contributed by atoms with Gasteiger partial charge in [-0.25, -0.2) is 0 Å². The van der Waals surface area contributed by atoms with Crippen LogP contribution in [0, 0.1) is 18.8 Å². The molecule has 134 valence electrons. The Morgan fingerprint density at radius 2 is 2.23 bits per heavy atom. The van der Waals surface area contributed by atoms with Crippen LogP contribution in [0.1, 0.15) is 47.3 Å². The normalized spacial score (nSPS) is 22.2. The number of amides is 1. The largest absolute Gasteiger partial charge is 0.378 e. The molecule has 1 aliphatic carbocycles. The summed E-state index contributed by atoms with van der Waals surface area (Å²) >= 11 is 5.97. The van der Waals surface area contributed by atoms with Crippen LogP contribution >= 0.6 is 11.6 Å². The molecule has 1 aliphatic rings. The van der Waals surface area contributed by atoms with Gasteiger partial charge in [0.15, 0.2) is 0 Å². The van der Waals surface area contributed by atoms with Crippen LogP contribution in [0.3, 0.4) is 0 Å². The van der Waals surface area contributed by atoms with Gasteiger partial charge in [-0.1, -0.05) is 29.5 Å². The van der Waals surface area contributed by atoms with Crippen LogP contribution in [0.4, 0.5) is 0 Å². The highest BCUT2D eigenvalue weighted by Gasteiger charge is 2.33. The lowest BCUT2D eigenvalue weighted by Gasteiger charge is -2.33. The van der Waals surface area contributed by atoms with Gasteiger partial charge in [0.05, 0.1) is 5.56 Å². The van der Waals surface area contributed by atoms with Gasteiger partial charge in [0.2, 0.25) is 0 Å². The summed E-state index contributed by atoms with van der Waals surface area (Å²) in [5.74, 6) is 5.82. The van der Waals surface area contributed by atoms with Crippen molar-refractivity contribution in [3.8, 4) is 11.8 Å². The summed E-state index contributed by atoms with van der Waals surface area (Å²) in [5.41, 5.74) is 0.911. The first-order valence-electron chi connectivity index (χ1n) is 8.69. The molecule has 0 radical (unpaired) electrons. The van der Waals surface area contributed by atoms with Gasteiger partial charge in [-0.2, -0.15) is 0 Å². The minimum atomic E-state index is -1.11. The van der Waals surface area contributed by atoms with Crippen molar-refractivity contribution in [1.29, 1.82) is 0 Å². The van der Waals surface area contributed by atoms with E-state index in [0.717, 1.165) is 18.4 Å². The molecule has 2 N–H and O–H groups in total. The van der Waals surface area contributed by atoms with Crippen LogP contribution < -0.4 is 5.32 Å². The van der Waals surface area contributed by atoms with Gasteiger partial charge in [0.25, 0.3) is 5.91 Å². The van der Waals surface area contributed by atoms with Gasteiger partial charge in [-0.15, -0.1) is 0 Å². The zero-order valence-electron chi connectivity index (χ0n) is 14.6. The molecular weight excluding hydrogens is 348 g/mol. The molecule has 0 saturated heterocycles. The van der Waals surface area contributed by atoms with Crippen molar-refractivity contribution >= 4 is 17.5 Å². The second-order valence-corrected chi connectivity index (χ2v) is 7.13. The highest BCUT2D eigenvalue weighted by atomic mass is 35.5. The number of nitrogens with one attached hydrogen (secondary N) is 1. The van der Waals surface area contributed by atoms with E-state index in [1.165, 1.54) is 0 Å². The smallest absolute Gasteiger partial charge is 0.253 e. The number of aryl methyl sites for hydroxylation is 1. The fourth-order valence-corrected chi connectivity index (χ4v) is 3.42. The number of pyridine rings is 1. The quantitative estimate of drug-likeness (QED) is 0.797. The summed E-state index contributed by atoms with van der Waals surface area (Å²) < 4.78 is 0. The van der Waals surface area contributed by atoms with Crippen LogP contribution in [0.2, 0.25) is 5.02 Å². The van der Waals surface area contributed by atoms with E-state index in [-0.39, 0.29) is 11.9 Å². The first kappa shape index (κ1) is 18.4. The van der Waals surface area contributed by atoms with E-state index in [9.17, 15) is 9.90 Å². The van der Waals surface area contributed by atoms with Crippen molar-refractivity contribution < 1.29 is 9.90 Å². The number of hydrogen-bond acceptors (Lipinski definition) is 3. The molecular formula is C21H21ClN2O2. The molecule has 0 aliphatic heterocycles. The van der Waals surface area contributed by atoms with Gasteiger partial charge < -0.3 is 10.4 Å². The molecule has 1 heterocycles. The summed E-state index contributed by atoms with van der Waals surface area (Å²) in [6, 6.07) is 10.6. The number of benzene rings is 1. The lowest BCUT2D eigenvalue weighted by molar-refractivity contribution is 0.0452. The molecule has 0 spiro atoms. The van der Waals surface area contributed by atoms with Crippen LogP contribution in [0.15, 0.2) is 42.6 Å². The molecule has 1 aromatic heterocycles. The molecule has 1 saturated carbocycles. The zero-order valence-corrected chi connectivity index (χ0v) is 15.4. The number of aromatic nitrogens is 1. The fourth-order valence-electron chi connectivity index (χ4n) is 3.23. The number of carbonyl (C=O) groups is 1. The number of hydrogen-bond donors (Lipinski definition) is 2. The Morgan fingerprint density at radius 1 is 1.38 bits per heavy atom. The maximum atomic E-state index is 12.5. The Kier molecular flexibility index (Phi) is 5.61. The fraction of sp³-hybridized carbons (Fsp3) is 0.333. The zero-order chi connectivity index (χ0) is 18.6. The van der Waals surface area contributed by atoms with Crippen LogP contribution in [0.5, 0.6) is 0 Å². The number of carbonyl (C=O) groups excluding carboxylic acids is 1. The Hall–Kier alpha value is -2.35. The van der Waals surface area contributed by atoms with E-state index < -0.39 is 5.60 Å². The second-order valence-electron chi connectivity index (χ2n) is 6.70. The molecule has 5 heteroatoms. The highest BCUT2D eigenvalue weighted by molar-refractivity contribution is 6.30. The summed E-state index contributed by atoms with van der Waals surface area (Å²) in [6.07, 6.45) is 4.30. The standard InChI is InChI=1S/C21H21ClN2O2/c1-15-19(8-4-12-23-15)20(25)24-18-7-3-10-21(26,14-18)11-9-16-5-2-6-17(22)13-16/h2,4-6,8,12-13,18,26H,3,7,10,14H2,1H3,(H,24,25)/t18-,21+/m0/s1. The third-order valence-corrected chi connectivity index (χ3v) is 4.81. The predicted octanol–water partition coefficient (Wildman–Crippen LogP) is 3.50. The molecule has 2 aromatic rings. The van der Waals surface area contributed by atoms with E-state index in [4.69, 9.17) is 11.6 Å². The van der Waals surface area contributed by atoms with E-state index >= 15 is 0 Å². The van der Waals surface area contributed by atoms with Gasteiger partial charge in [0.1, 0.15) is 5.60 Å². The van der Waals surface area contributed by atoms with Crippen LogP contribution in [0.25, 0.3) is 0 Å². The molecule has 1 fully saturated rings. The third-order valence-electron chi connectivity index (χ3n) is 4.58. The first-order valence-corrected chi connectivity index (χ1v) is 9.07. The maximum absolute atomic E-state index is 12.5. The van der Waals surface area contributed by atoms with Crippen molar-refractivity contribution in [3.05, 3.63) is 64.4 Å². The molecule has 1 amide bonds. The molecule has 0 bridgehead atoms. The summed E-state index contributed by atoms with van der Waals surface area (Å²) in [7, 11) is 0. The van der Waals surface area contributed by atoms with E-state index in [1.54, 1.807) is 30.5 Å².